The van der Waals surface area contributed by atoms with E-state index in [9.17, 15) is 0 Å². The summed E-state index contributed by atoms with van der Waals surface area (Å²) in [5.41, 5.74) is 8.45. The van der Waals surface area contributed by atoms with Gasteiger partial charge in [0, 0.05) is 4.47 Å². The first kappa shape index (κ1) is 14.6. The first-order valence-electron chi connectivity index (χ1n) is 7.79. The van der Waals surface area contributed by atoms with E-state index in [-0.39, 0.29) is 0 Å². The van der Waals surface area contributed by atoms with E-state index >= 15 is 0 Å². The van der Waals surface area contributed by atoms with Crippen LogP contribution >= 0.6 is 15.9 Å². The maximum absolute atomic E-state index is 3.76. The van der Waals surface area contributed by atoms with Gasteiger partial charge in [-0.3, -0.25) is 0 Å². The Kier molecular flexibility index (Phi) is 4.30. The molecular formula is C20H21Br. The largest absolute Gasteiger partial charge is 0.0794 e. The summed E-state index contributed by atoms with van der Waals surface area (Å²) in [7, 11) is 0. The molecule has 0 heterocycles. The summed E-state index contributed by atoms with van der Waals surface area (Å²) in [6, 6.07) is 11.2. The molecule has 0 unspecified atom stereocenters. The number of rotatable bonds is 4. The molecule has 0 N–H and O–H groups in total. The number of halogens is 1. The maximum Gasteiger partial charge on any atom is 0.0246 e. The number of aryl methyl sites for hydroxylation is 2. The molecule has 0 saturated heterocycles. The standard InChI is InChI=1S/C20H21Br/c1-3-4-8-15-9-5-6-10-16(15)19-13-14(2)20(21)18-12-7-11-17(18)19/h5-7,9-11,13H,3-4,8,12H2,1-2H3. The van der Waals surface area contributed by atoms with Gasteiger partial charge in [-0.25, -0.2) is 0 Å². The van der Waals surface area contributed by atoms with Crippen LogP contribution in [-0.4, -0.2) is 0 Å². The van der Waals surface area contributed by atoms with Gasteiger partial charge in [-0.05, 0) is 65.6 Å². The minimum Gasteiger partial charge on any atom is -0.0794 e. The number of hydrogen-bond donors (Lipinski definition) is 0. The summed E-state index contributed by atoms with van der Waals surface area (Å²) in [5, 5.41) is 0. The Hall–Kier alpha value is -1.34. The third kappa shape index (κ3) is 2.72. The molecule has 0 nitrogen and oxygen atoms in total. The summed E-state index contributed by atoms with van der Waals surface area (Å²) in [4.78, 5) is 0. The molecule has 0 aromatic heterocycles. The number of benzene rings is 2. The van der Waals surface area contributed by atoms with Gasteiger partial charge in [0.25, 0.3) is 0 Å². The quantitative estimate of drug-likeness (QED) is 0.609. The smallest absolute Gasteiger partial charge is 0.0246 e. The van der Waals surface area contributed by atoms with Crippen LogP contribution in [0.1, 0.15) is 42.0 Å². The summed E-state index contributed by atoms with van der Waals surface area (Å²) in [6.45, 7) is 4.45. The number of hydrogen-bond acceptors (Lipinski definition) is 0. The molecule has 3 rings (SSSR count). The van der Waals surface area contributed by atoms with E-state index in [1.807, 2.05) is 0 Å². The molecule has 0 spiro atoms. The lowest BCUT2D eigenvalue weighted by atomic mass is 9.90. The fraction of sp³-hybridized carbons (Fsp3) is 0.300. The van der Waals surface area contributed by atoms with E-state index in [1.54, 1.807) is 0 Å². The monoisotopic (exact) mass is 340 g/mol. The van der Waals surface area contributed by atoms with E-state index in [2.05, 4.69) is 72.3 Å². The van der Waals surface area contributed by atoms with Crippen LogP contribution in [0.2, 0.25) is 0 Å². The second kappa shape index (κ2) is 6.19. The maximum atomic E-state index is 3.76. The Balaban J connectivity index is 2.16. The molecule has 0 amide bonds. The van der Waals surface area contributed by atoms with Crippen molar-refractivity contribution < 1.29 is 0 Å². The van der Waals surface area contributed by atoms with E-state index < -0.39 is 0 Å². The van der Waals surface area contributed by atoms with Crippen LogP contribution in [0.5, 0.6) is 0 Å². The molecule has 21 heavy (non-hydrogen) atoms. The van der Waals surface area contributed by atoms with E-state index in [0.717, 1.165) is 6.42 Å². The number of allylic oxidation sites excluding steroid dienone is 1. The summed E-state index contributed by atoms with van der Waals surface area (Å²) in [6.07, 6.45) is 9.26. The van der Waals surface area contributed by atoms with Crippen molar-refractivity contribution in [2.75, 3.05) is 0 Å². The zero-order valence-corrected chi connectivity index (χ0v) is 14.3. The predicted octanol–water partition coefficient (Wildman–Crippen LogP) is 6.34. The van der Waals surface area contributed by atoms with Gasteiger partial charge in [0.2, 0.25) is 0 Å². The molecule has 0 saturated carbocycles. The summed E-state index contributed by atoms with van der Waals surface area (Å²) >= 11 is 3.76. The Bertz CT molecular complexity index is 695. The van der Waals surface area contributed by atoms with Gasteiger partial charge in [-0.2, -0.15) is 0 Å². The van der Waals surface area contributed by atoms with E-state index in [4.69, 9.17) is 0 Å². The van der Waals surface area contributed by atoms with Gasteiger partial charge < -0.3 is 0 Å². The second-order valence-corrected chi connectivity index (χ2v) is 6.61. The Morgan fingerprint density at radius 3 is 2.76 bits per heavy atom. The van der Waals surface area contributed by atoms with Crippen LogP contribution in [0, 0.1) is 6.92 Å². The first-order valence-corrected chi connectivity index (χ1v) is 8.58. The van der Waals surface area contributed by atoms with Gasteiger partial charge in [0.05, 0.1) is 0 Å². The van der Waals surface area contributed by atoms with Gasteiger partial charge in [-0.1, -0.05) is 65.7 Å². The van der Waals surface area contributed by atoms with Crippen molar-refractivity contribution in [1.82, 2.24) is 0 Å². The Morgan fingerprint density at radius 2 is 1.95 bits per heavy atom. The van der Waals surface area contributed by atoms with Crippen molar-refractivity contribution in [2.45, 2.75) is 39.5 Å². The Labute approximate surface area is 136 Å². The molecule has 1 heteroatoms. The highest BCUT2D eigenvalue weighted by Gasteiger charge is 2.18. The highest BCUT2D eigenvalue weighted by Crippen LogP contribution is 2.39. The molecule has 1 aliphatic rings. The average Bonchev–Trinajstić information content (AvgIpc) is 2.99. The second-order valence-electron chi connectivity index (χ2n) is 5.81. The highest BCUT2D eigenvalue weighted by atomic mass is 79.9. The first-order chi connectivity index (χ1) is 10.2. The minimum absolute atomic E-state index is 1.04. The van der Waals surface area contributed by atoms with Crippen LogP contribution in [-0.2, 0) is 12.8 Å². The molecule has 0 bridgehead atoms. The molecular weight excluding hydrogens is 320 g/mol. The number of unbranched alkanes of at least 4 members (excludes halogenated alkanes) is 1. The van der Waals surface area contributed by atoms with Gasteiger partial charge >= 0.3 is 0 Å². The number of fused-ring (bicyclic) bond motifs is 1. The van der Waals surface area contributed by atoms with E-state index in [1.165, 1.54) is 57.1 Å². The molecule has 0 aliphatic heterocycles. The average molecular weight is 341 g/mol. The van der Waals surface area contributed by atoms with Crippen molar-refractivity contribution in [3.8, 4) is 11.1 Å². The fourth-order valence-corrected chi connectivity index (χ4v) is 3.64. The van der Waals surface area contributed by atoms with E-state index in [0.29, 0.717) is 0 Å². The SMILES string of the molecule is CCCCc1ccccc1-c1cc(C)c(Br)c2c1C=CC2. The lowest BCUT2D eigenvalue weighted by Crippen LogP contribution is -1.96. The lowest BCUT2D eigenvalue weighted by Gasteiger charge is -2.16. The highest BCUT2D eigenvalue weighted by molar-refractivity contribution is 9.10. The van der Waals surface area contributed by atoms with Gasteiger partial charge in [0.1, 0.15) is 0 Å². The normalized spacial score (nSPS) is 12.7. The zero-order valence-electron chi connectivity index (χ0n) is 12.7. The van der Waals surface area contributed by atoms with Crippen LogP contribution in [0.3, 0.4) is 0 Å². The topological polar surface area (TPSA) is 0 Å². The molecule has 108 valence electrons. The summed E-state index contributed by atoms with van der Waals surface area (Å²) in [5.74, 6) is 0. The van der Waals surface area contributed by atoms with Crippen molar-refractivity contribution >= 4 is 22.0 Å². The molecule has 2 aromatic carbocycles. The van der Waals surface area contributed by atoms with Crippen molar-refractivity contribution in [1.29, 1.82) is 0 Å². The molecule has 1 aliphatic carbocycles. The van der Waals surface area contributed by atoms with Crippen molar-refractivity contribution in [2.24, 2.45) is 0 Å². The fourth-order valence-electron chi connectivity index (χ4n) is 3.15. The van der Waals surface area contributed by atoms with Crippen LogP contribution in [0.4, 0.5) is 0 Å². The third-order valence-corrected chi connectivity index (χ3v) is 5.41. The molecule has 2 aromatic rings. The molecule has 0 atom stereocenters. The van der Waals surface area contributed by atoms with Gasteiger partial charge in [-0.15, -0.1) is 0 Å². The minimum atomic E-state index is 1.04. The predicted molar refractivity (Wildman–Crippen MR) is 95.7 cm³/mol. The van der Waals surface area contributed by atoms with Crippen molar-refractivity contribution in [3.05, 3.63) is 63.1 Å². The Morgan fingerprint density at radius 1 is 1.14 bits per heavy atom. The lowest BCUT2D eigenvalue weighted by molar-refractivity contribution is 0.796. The molecule has 0 radical (unpaired) electrons. The zero-order chi connectivity index (χ0) is 14.8. The van der Waals surface area contributed by atoms with Crippen LogP contribution in [0.25, 0.3) is 17.2 Å². The molecule has 0 fully saturated rings. The van der Waals surface area contributed by atoms with Crippen molar-refractivity contribution in [3.63, 3.8) is 0 Å². The van der Waals surface area contributed by atoms with Crippen LogP contribution < -0.4 is 0 Å². The summed E-state index contributed by atoms with van der Waals surface area (Å²) < 4.78 is 1.28. The third-order valence-electron chi connectivity index (χ3n) is 4.30. The van der Waals surface area contributed by atoms with Crippen LogP contribution in [0.15, 0.2) is 40.9 Å². The van der Waals surface area contributed by atoms with Gasteiger partial charge in [0.15, 0.2) is 0 Å².